The zero-order chi connectivity index (χ0) is 19.0. The molecule has 1 aromatic heterocycles. The summed E-state index contributed by atoms with van der Waals surface area (Å²) >= 11 is 0. The Labute approximate surface area is 148 Å². The topological polar surface area (TPSA) is 99.2 Å². The van der Waals surface area contributed by atoms with E-state index >= 15 is 0 Å². The van der Waals surface area contributed by atoms with Crippen molar-refractivity contribution in [2.75, 3.05) is 0 Å². The molecule has 1 aromatic carbocycles. The van der Waals surface area contributed by atoms with Crippen molar-refractivity contribution in [3.05, 3.63) is 35.1 Å². The number of nitrogens with one attached hydrogen (secondary N) is 2. The minimum absolute atomic E-state index is 0.117. The van der Waals surface area contributed by atoms with E-state index in [1.807, 2.05) is 12.1 Å². The number of phenolic OH excluding ortho intramolecular Hbond substituents is 1. The fourth-order valence-corrected chi connectivity index (χ4v) is 2.63. The molecule has 0 atom stereocenters. The van der Waals surface area contributed by atoms with Crippen LogP contribution in [0.4, 0.5) is 4.79 Å². The van der Waals surface area contributed by atoms with Gasteiger partial charge >= 0.3 is 6.03 Å². The van der Waals surface area contributed by atoms with Gasteiger partial charge in [0.05, 0.1) is 6.54 Å². The van der Waals surface area contributed by atoms with Crippen LogP contribution in [-0.2, 0) is 17.4 Å². The molecule has 1 radical (unpaired) electrons. The van der Waals surface area contributed by atoms with Gasteiger partial charge in [0.1, 0.15) is 11.4 Å². The molecule has 0 aliphatic rings. The molecule has 1 heterocycles. The number of aromatic nitrogens is 1. The molecule has 0 unspecified atom stereocenters. The largest absolute Gasteiger partial charge is 0.507 e. The lowest BCUT2D eigenvalue weighted by atomic mass is 9.78. The molecule has 6 nitrogen and oxygen atoms in total. The summed E-state index contributed by atoms with van der Waals surface area (Å²) in [6, 6.07) is 4.72. The summed E-state index contributed by atoms with van der Waals surface area (Å²) in [7, 11) is 0. The molecule has 3 N–H and O–H groups in total. The summed E-state index contributed by atoms with van der Waals surface area (Å²) in [6.07, 6.45) is 0. The van der Waals surface area contributed by atoms with Gasteiger partial charge < -0.3 is 14.9 Å². The van der Waals surface area contributed by atoms with Crippen LogP contribution in [0.1, 0.15) is 58.4 Å². The van der Waals surface area contributed by atoms with Crippen LogP contribution in [0.2, 0.25) is 0 Å². The van der Waals surface area contributed by atoms with E-state index < -0.39 is 6.03 Å². The van der Waals surface area contributed by atoms with Crippen LogP contribution in [0.25, 0.3) is 11.3 Å². The van der Waals surface area contributed by atoms with E-state index in [4.69, 9.17) is 10.3 Å². The molecule has 0 saturated heterocycles. The molecule has 2 amide bonds. The molecule has 0 aliphatic carbocycles. The number of hydrogen-bond donors (Lipinski definition) is 2. The molecule has 0 saturated carbocycles. The maximum atomic E-state index is 10.8. The standard InChI is InChI=1S/C19H26N3O3/c1-18(2,3)13-7-11(8-14(16(13)23)19(4,5)6)15-9-12(25-22-15)10-21-17(20)24/h7-9,20,23H,10H2,1-6H3,(H,21,24). The zero-order valence-corrected chi connectivity index (χ0v) is 15.7. The van der Waals surface area contributed by atoms with Gasteiger partial charge in [-0.15, -0.1) is 0 Å². The molecule has 2 aromatic rings. The highest BCUT2D eigenvalue weighted by Crippen LogP contribution is 2.41. The van der Waals surface area contributed by atoms with Crippen molar-refractivity contribution in [2.24, 2.45) is 0 Å². The molecule has 0 fully saturated rings. The summed E-state index contributed by atoms with van der Waals surface area (Å²) in [5, 5.41) is 17.2. The van der Waals surface area contributed by atoms with Crippen LogP contribution in [0.15, 0.2) is 22.7 Å². The third-order valence-corrected chi connectivity index (χ3v) is 4.00. The first-order valence-corrected chi connectivity index (χ1v) is 8.23. The van der Waals surface area contributed by atoms with Crippen molar-refractivity contribution >= 4 is 6.03 Å². The van der Waals surface area contributed by atoms with Crippen LogP contribution in [0.3, 0.4) is 0 Å². The Morgan fingerprint density at radius 3 is 2.08 bits per heavy atom. The first kappa shape index (κ1) is 18.8. The van der Waals surface area contributed by atoms with Crippen molar-refractivity contribution in [3.8, 4) is 17.0 Å². The monoisotopic (exact) mass is 344 g/mol. The zero-order valence-electron chi connectivity index (χ0n) is 15.7. The molecule has 25 heavy (non-hydrogen) atoms. The molecule has 0 aliphatic heterocycles. The van der Waals surface area contributed by atoms with Crippen LogP contribution < -0.4 is 11.1 Å². The molecule has 2 rings (SSSR count). The van der Waals surface area contributed by atoms with Crippen molar-refractivity contribution in [1.29, 1.82) is 0 Å². The second kappa shape index (κ2) is 6.43. The van der Waals surface area contributed by atoms with E-state index in [-0.39, 0.29) is 17.4 Å². The van der Waals surface area contributed by atoms with Gasteiger partial charge in [-0.05, 0) is 23.0 Å². The predicted molar refractivity (Wildman–Crippen MR) is 96.3 cm³/mol. The Morgan fingerprint density at radius 1 is 1.12 bits per heavy atom. The number of benzene rings is 1. The number of carbonyl (C=O) groups is 1. The van der Waals surface area contributed by atoms with Crippen LogP contribution >= 0.6 is 0 Å². The van der Waals surface area contributed by atoms with Gasteiger partial charge in [0.25, 0.3) is 0 Å². The Kier molecular flexibility index (Phi) is 4.84. The Hall–Kier alpha value is -2.50. The SMILES string of the molecule is CC(C)(C)c1cc(-c2cc(CNC([NH])=O)on2)cc(C(C)(C)C)c1O. The summed E-state index contributed by atoms with van der Waals surface area (Å²) in [4.78, 5) is 10.7. The van der Waals surface area contributed by atoms with Crippen molar-refractivity contribution in [1.82, 2.24) is 16.2 Å². The number of phenols is 1. The van der Waals surface area contributed by atoms with Gasteiger partial charge in [0.2, 0.25) is 0 Å². The van der Waals surface area contributed by atoms with E-state index in [0.717, 1.165) is 16.7 Å². The highest BCUT2D eigenvalue weighted by molar-refractivity contribution is 5.71. The maximum Gasteiger partial charge on any atom is 0.333 e. The fourth-order valence-electron chi connectivity index (χ4n) is 2.63. The lowest BCUT2D eigenvalue weighted by Gasteiger charge is -2.28. The van der Waals surface area contributed by atoms with Gasteiger partial charge in [-0.1, -0.05) is 46.7 Å². The van der Waals surface area contributed by atoms with E-state index in [1.165, 1.54) is 0 Å². The third-order valence-electron chi connectivity index (χ3n) is 4.00. The van der Waals surface area contributed by atoms with Crippen molar-refractivity contribution in [3.63, 3.8) is 0 Å². The number of amides is 2. The van der Waals surface area contributed by atoms with E-state index in [1.54, 1.807) is 6.07 Å². The smallest absolute Gasteiger partial charge is 0.333 e. The van der Waals surface area contributed by atoms with Gasteiger partial charge in [-0.3, -0.25) is 0 Å². The number of rotatable bonds is 3. The highest BCUT2D eigenvalue weighted by Gasteiger charge is 2.27. The number of nitrogens with zero attached hydrogens (tertiary/aromatic N) is 1. The first-order valence-electron chi connectivity index (χ1n) is 8.23. The first-order chi connectivity index (χ1) is 11.4. The summed E-state index contributed by atoms with van der Waals surface area (Å²) in [5.74, 6) is 0.784. The average molecular weight is 344 g/mol. The minimum atomic E-state index is -0.868. The molecular weight excluding hydrogens is 318 g/mol. The van der Waals surface area contributed by atoms with Crippen molar-refractivity contribution < 1.29 is 14.4 Å². The summed E-state index contributed by atoms with van der Waals surface area (Å²) in [6.45, 7) is 12.4. The second-order valence-corrected chi connectivity index (χ2v) is 8.28. The quantitative estimate of drug-likeness (QED) is 0.874. The maximum absolute atomic E-state index is 10.8. The van der Waals surface area contributed by atoms with Crippen molar-refractivity contribution in [2.45, 2.75) is 58.9 Å². The van der Waals surface area contributed by atoms with E-state index in [0.29, 0.717) is 17.2 Å². The lowest BCUT2D eigenvalue weighted by molar-refractivity contribution is 0.245. The molecule has 0 spiro atoms. The molecule has 0 bridgehead atoms. The Balaban J connectivity index is 2.53. The number of carbonyl (C=O) groups excluding carboxylic acids is 1. The van der Waals surface area contributed by atoms with Gasteiger partial charge in [0, 0.05) is 22.8 Å². The van der Waals surface area contributed by atoms with Gasteiger partial charge in [-0.2, -0.15) is 0 Å². The average Bonchev–Trinajstić information content (AvgIpc) is 2.91. The lowest BCUT2D eigenvalue weighted by Crippen LogP contribution is -2.21. The van der Waals surface area contributed by atoms with Crippen LogP contribution in [0.5, 0.6) is 5.75 Å². The van der Waals surface area contributed by atoms with Crippen LogP contribution in [0, 0.1) is 0 Å². The third kappa shape index (κ3) is 4.32. The second-order valence-electron chi connectivity index (χ2n) is 8.28. The minimum Gasteiger partial charge on any atom is -0.507 e. The van der Waals surface area contributed by atoms with E-state index in [2.05, 4.69) is 52.0 Å². The summed E-state index contributed by atoms with van der Waals surface area (Å²) < 4.78 is 5.24. The predicted octanol–water partition coefficient (Wildman–Crippen LogP) is 4.13. The summed E-state index contributed by atoms with van der Waals surface area (Å²) in [5.41, 5.74) is 9.58. The van der Waals surface area contributed by atoms with Gasteiger partial charge in [-0.25, -0.2) is 10.5 Å². The Bertz CT molecular complexity index is 745. The number of urea groups is 1. The molecular formula is C19H26N3O3. The number of hydrogen-bond acceptors (Lipinski definition) is 4. The normalized spacial score (nSPS) is 12.2. The van der Waals surface area contributed by atoms with E-state index in [9.17, 15) is 9.90 Å². The fraction of sp³-hybridized carbons (Fsp3) is 0.474. The van der Waals surface area contributed by atoms with Gasteiger partial charge in [0.15, 0.2) is 5.76 Å². The van der Waals surface area contributed by atoms with Crippen LogP contribution in [-0.4, -0.2) is 16.3 Å². The Morgan fingerprint density at radius 2 is 1.64 bits per heavy atom. The molecule has 6 heteroatoms. The number of aromatic hydroxyl groups is 1. The molecule has 135 valence electrons. The highest BCUT2D eigenvalue weighted by atomic mass is 16.5.